The topological polar surface area (TPSA) is 97.6 Å². The second-order valence-corrected chi connectivity index (χ2v) is 8.01. The zero-order valence-electron chi connectivity index (χ0n) is 15.0. The third kappa shape index (κ3) is 5.68. The number of nitrogens with one attached hydrogen (secondary N) is 1. The molecular weight excluding hydrogens is 392 g/mol. The molecule has 2 N–H and O–H groups in total. The standard InChI is InChI=1S/C18H24N2O5S.ClH/c21-17-13-14-7-4-5-10-16(14)18(22)20(17)11-6-12-25-26(23,24)19-15-8-2-1-3-9-15;/h4-5,7,10,13,15,19,22H,1-3,6,8-9,11-12H2;1H. The molecule has 0 saturated heterocycles. The van der Waals surface area contributed by atoms with Crippen molar-refractivity contribution < 1.29 is 17.7 Å². The van der Waals surface area contributed by atoms with Crippen LogP contribution in [0.5, 0.6) is 5.88 Å². The van der Waals surface area contributed by atoms with Gasteiger partial charge < -0.3 is 5.11 Å². The van der Waals surface area contributed by atoms with Gasteiger partial charge in [-0.2, -0.15) is 13.1 Å². The predicted molar refractivity (Wildman–Crippen MR) is 107 cm³/mol. The number of halogens is 1. The van der Waals surface area contributed by atoms with E-state index < -0.39 is 10.3 Å². The molecule has 0 spiro atoms. The molecule has 7 nitrogen and oxygen atoms in total. The van der Waals surface area contributed by atoms with Gasteiger partial charge in [0, 0.05) is 24.0 Å². The maximum atomic E-state index is 12.1. The summed E-state index contributed by atoms with van der Waals surface area (Å²) in [6, 6.07) is 8.47. The minimum absolute atomic E-state index is 0. The Morgan fingerprint density at radius 2 is 1.89 bits per heavy atom. The molecule has 1 aliphatic carbocycles. The van der Waals surface area contributed by atoms with Crippen LogP contribution in [-0.4, -0.2) is 30.7 Å². The number of rotatable bonds is 7. The van der Waals surface area contributed by atoms with Crippen LogP contribution in [0.1, 0.15) is 38.5 Å². The van der Waals surface area contributed by atoms with Crippen LogP contribution in [0.3, 0.4) is 0 Å². The zero-order valence-corrected chi connectivity index (χ0v) is 16.6. The number of hydrogen-bond acceptors (Lipinski definition) is 5. The number of fused-ring (bicyclic) bond motifs is 1. The normalized spacial score (nSPS) is 15.6. The smallest absolute Gasteiger partial charge is 0.336 e. The van der Waals surface area contributed by atoms with Gasteiger partial charge in [-0.1, -0.05) is 37.5 Å². The Kier molecular flexibility index (Phi) is 7.67. The van der Waals surface area contributed by atoms with E-state index in [9.17, 15) is 18.3 Å². The monoisotopic (exact) mass is 416 g/mol. The molecular formula is C18H25ClN2O5S. The summed E-state index contributed by atoms with van der Waals surface area (Å²) in [5.74, 6) is -0.115. The molecule has 1 aromatic carbocycles. The summed E-state index contributed by atoms with van der Waals surface area (Å²) in [5.41, 5.74) is -0.329. The Balaban J connectivity index is 0.00000261. The van der Waals surface area contributed by atoms with Gasteiger partial charge >= 0.3 is 10.3 Å². The Morgan fingerprint density at radius 3 is 2.63 bits per heavy atom. The van der Waals surface area contributed by atoms with Crippen LogP contribution in [0.4, 0.5) is 0 Å². The van der Waals surface area contributed by atoms with Crippen molar-refractivity contribution in [3.63, 3.8) is 0 Å². The molecule has 0 radical (unpaired) electrons. The number of benzene rings is 1. The average molecular weight is 417 g/mol. The van der Waals surface area contributed by atoms with Gasteiger partial charge in [-0.05, 0) is 30.7 Å². The average Bonchev–Trinajstić information content (AvgIpc) is 2.61. The molecule has 1 heterocycles. The number of nitrogens with zero attached hydrogens (tertiary/aromatic N) is 1. The van der Waals surface area contributed by atoms with Crippen LogP contribution in [0.15, 0.2) is 35.1 Å². The van der Waals surface area contributed by atoms with Gasteiger partial charge in [-0.15, -0.1) is 12.4 Å². The highest BCUT2D eigenvalue weighted by atomic mass is 35.5. The molecule has 1 aliphatic rings. The highest BCUT2D eigenvalue weighted by Crippen LogP contribution is 2.22. The first kappa shape index (κ1) is 21.7. The summed E-state index contributed by atoms with van der Waals surface area (Å²) >= 11 is 0. The van der Waals surface area contributed by atoms with E-state index in [2.05, 4.69) is 4.72 Å². The van der Waals surface area contributed by atoms with E-state index in [1.165, 1.54) is 10.6 Å². The van der Waals surface area contributed by atoms with Crippen LogP contribution in [0.25, 0.3) is 10.8 Å². The van der Waals surface area contributed by atoms with Gasteiger partial charge in [0.05, 0.1) is 6.61 Å². The van der Waals surface area contributed by atoms with E-state index in [1.54, 1.807) is 24.3 Å². The molecule has 9 heteroatoms. The fourth-order valence-corrected chi connectivity index (χ4v) is 4.40. The number of aromatic nitrogens is 1. The summed E-state index contributed by atoms with van der Waals surface area (Å²) in [5, 5.41) is 11.5. The number of hydrogen-bond donors (Lipinski definition) is 2. The lowest BCUT2D eigenvalue weighted by Gasteiger charge is -2.22. The van der Waals surface area contributed by atoms with Crippen molar-refractivity contribution in [3.05, 3.63) is 40.7 Å². The van der Waals surface area contributed by atoms with Gasteiger partial charge in [0.2, 0.25) is 5.88 Å². The van der Waals surface area contributed by atoms with E-state index in [-0.39, 0.29) is 49.5 Å². The van der Waals surface area contributed by atoms with Gasteiger partial charge in [0.1, 0.15) is 0 Å². The van der Waals surface area contributed by atoms with Crippen LogP contribution < -0.4 is 10.3 Å². The largest absolute Gasteiger partial charge is 0.494 e. The first-order valence-corrected chi connectivity index (χ1v) is 10.4. The minimum Gasteiger partial charge on any atom is -0.494 e. The summed E-state index contributed by atoms with van der Waals surface area (Å²) in [7, 11) is -3.79. The number of aromatic hydroxyl groups is 1. The molecule has 0 atom stereocenters. The molecule has 0 aliphatic heterocycles. The molecule has 3 rings (SSSR count). The Morgan fingerprint density at radius 1 is 1.19 bits per heavy atom. The Bertz CT molecular complexity index is 923. The Labute approximate surface area is 165 Å². The fourth-order valence-electron chi connectivity index (χ4n) is 3.35. The maximum absolute atomic E-state index is 12.1. The van der Waals surface area contributed by atoms with Crippen LogP contribution >= 0.6 is 12.4 Å². The molecule has 0 bridgehead atoms. The molecule has 150 valence electrons. The lowest BCUT2D eigenvalue weighted by Crippen LogP contribution is -2.37. The first-order valence-electron chi connectivity index (χ1n) is 8.94. The fraction of sp³-hybridized carbons (Fsp3) is 0.500. The van der Waals surface area contributed by atoms with Crippen molar-refractivity contribution in [2.75, 3.05) is 6.61 Å². The van der Waals surface area contributed by atoms with Crippen molar-refractivity contribution in [1.29, 1.82) is 0 Å². The van der Waals surface area contributed by atoms with E-state index in [1.807, 2.05) is 0 Å². The summed E-state index contributed by atoms with van der Waals surface area (Å²) in [4.78, 5) is 12.1. The van der Waals surface area contributed by atoms with Gasteiger partial charge in [0.15, 0.2) is 0 Å². The second-order valence-electron chi connectivity index (χ2n) is 6.63. The first-order chi connectivity index (χ1) is 12.5. The molecule has 0 amide bonds. The molecule has 1 aromatic heterocycles. The summed E-state index contributed by atoms with van der Waals surface area (Å²) < 4.78 is 32.7. The van der Waals surface area contributed by atoms with E-state index in [0.29, 0.717) is 10.8 Å². The highest BCUT2D eigenvalue weighted by Gasteiger charge is 2.20. The summed E-state index contributed by atoms with van der Waals surface area (Å²) in [6.07, 6.45) is 5.15. The van der Waals surface area contributed by atoms with E-state index in [4.69, 9.17) is 4.18 Å². The van der Waals surface area contributed by atoms with Gasteiger partial charge in [-0.3, -0.25) is 13.5 Å². The molecule has 1 saturated carbocycles. The predicted octanol–water partition coefficient (Wildman–Crippen LogP) is 2.70. The minimum atomic E-state index is -3.79. The van der Waals surface area contributed by atoms with E-state index in [0.717, 1.165) is 32.1 Å². The lowest BCUT2D eigenvalue weighted by atomic mass is 9.96. The van der Waals surface area contributed by atoms with Crippen molar-refractivity contribution in [2.45, 2.75) is 51.1 Å². The second kappa shape index (κ2) is 9.54. The van der Waals surface area contributed by atoms with Crippen molar-refractivity contribution in [3.8, 4) is 5.88 Å². The van der Waals surface area contributed by atoms with Crippen LogP contribution in [0.2, 0.25) is 0 Å². The molecule has 27 heavy (non-hydrogen) atoms. The van der Waals surface area contributed by atoms with Crippen molar-refractivity contribution >= 4 is 33.5 Å². The van der Waals surface area contributed by atoms with Crippen molar-refractivity contribution in [1.82, 2.24) is 9.29 Å². The third-order valence-electron chi connectivity index (χ3n) is 4.68. The molecule has 1 fully saturated rings. The lowest BCUT2D eigenvalue weighted by molar-refractivity contribution is 0.284. The van der Waals surface area contributed by atoms with Crippen LogP contribution in [-0.2, 0) is 21.0 Å². The Hall–Kier alpha value is -1.61. The summed E-state index contributed by atoms with van der Waals surface area (Å²) in [6.45, 7) is 0.120. The molecule has 2 aromatic rings. The van der Waals surface area contributed by atoms with Crippen molar-refractivity contribution in [2.24, 2.45) is 0 Å². The number of pyridine rings is 1. The SMILES string of the molecule is Cl.O=c1cc2ccccc2c(O)n1CCCOS(=O)(=O)NC1CCCCC1. The van der Waals surface area contributed by atoms with E-state index >= 15 is 0 Å². The third-order valence-corrected chi connectivity index (χ3v) is 5.78. The van der Waals surface area contributed by atoms with Gasteiger partial charge in [-0.25, -0.2) is 0 Å². The highest BCUT2D eigenvalue weighted by molar-refractivity contribution is 7.84. The maximum Gasteiger partial charge on any atom is 0.336 e. The quantitative estimate of drug-likeness (QED) is 0.676. The van der Waals surface area contributed by atoms with Gasteiger partial charge in [0.25, 0.3) is 5.56 Å². The molecule has 0 unspecified atom stereocenters. The van der Waals surface area contributed by atoms with Crippen LogP contribution in [0, 0.1) is 0 Å². The zero-order chi connectivity index (χ0) is 18.6.